The van der Waals surface area contributed by atoms with Crippen molar-refractivity contribution in [3.63, 3.8) is 0 Å². The predicted octanol–water partition coefficient (Wildman–Crippen LogP) is 3.99. The lowest BCUT2D eigenvalue weighted by molar-refractivity contribution is 0.393. The first kappa shape index (κ1) is 22.0. The van der Waals surface area contributed by atoms with E-state index in [9.17, 15) is 0 Å². The van der Waals surface area contributed by atoms with E-state index >= 15 is 0 Å². The number of aryl methyl sites for hydroxylation is 2. The van der Waals surface area contributed by atoms with Crippen LogP contribution in [0.1, 0.15) is 36.2 Å². The summed E-state index contributed by atoms with van der Waals surface area (Å²) in [4.78, 5) is 17.6. The van der Waals surface area contributed by atoms with Gasteiger partial charge >= 0.3 is 0 Å². The zero-order chi connectivity index (χ0) is 22.3. The number of likely N-dealkylation sites (N-methyl/N-ethyl adjacent to an activating group) is 1. The van der Waals surface area contributed by atoms with E-state index in [0.29, 0.717) is 0 Å². The fourth-order valence-corrected chi connectivity index (χ4v) is 3.95. The standard InChI is InChI=1S/C25H31N5O2/c1-26-10-11-27-19-8-5-18(6-9-19)23-15-24-25(30-23)28-16-20(29-24)7-4-17-12-21(31-2)14-22(13-17)32-3/h5,12-16,26H,4,6-11H2,1-3H3,(H,28,30). The lowest BCUT2D eigenvalue weighted by Gasteiger charge is -2.14. The first-order valence-corrected chi connectivity index (χ1v) is 11.1. The molecule has 1 aliphatic rings. The van der Waals surface area contributed by atoms with E-state index in [1.807, 2.05) is 31.4 Å². The first-order valence-electron chi connectivity index (χ1n) is 11.1. The molecule has 0 saturated carbocycles. The van der Waals surface area contributed by atoms with Crippen LogP contribution < -0.4 is 14.8 Å². The number of hydrogen-bond donors (Lipinski definition) is 2. The molecule has 0 bridgehead atoms. The molecule has 2 N–H and O–H groups in total. The van der Waals surface area contributed by atoms with Crippen LogP contribution in [0.4, 0.5) is 0 Å². The lowest BCUT2D eigenvalue weighted by Crippen LogP contribution is -2.13. The summed E-state index contributed by atoms with van der Waals surface area (Å²) in [5.74, 6) is 1.60. The SMILES string of the molecule is CNCCN=C1CC=C(c2cc3nc(CCc4cc(OC)cc(OC)c4)cnc3[nH]2)CC1. The van der Waals surface area contributed by atoms with Gasteiger partial charge in [-0.15, -0.1) is 0 Å². The molecule has 2 aromatic heterocycles. The summed E-state index contributed by atoms with van der Waals surface area (Å²) in [5.41, 5.74) is 7.59. The van der Waals surface area contributed by atoms with E-state index < -0.39 is 0 Å². The molecule has 0 atom stereocenters. The van der Waals surface area contributed by atoms with Crippen molar-refractivity contribution in [2.45, 2.75) is 32.1 Å². The number of aromatic nitrogens is 3. The summed E-state index contributed by atoms with van der Waals surface area (Å²) in [7, 11) is 5.29. The average Bonchev–Trinajstić information content (AvgIpc) is 3.26. The minimum Gasteiger partial charge on any atom is -0.497 e. The summed E-state index contributed by atoms with van der Waals surface area (Å²) >= 11 is 0. The van der Waals surface area contributed by atoms with Gasteiger partial charge in [0.2, 0.25) is 0 Å². The predicted molar refractivity (Wildman–Crippen MR) is 129 cm³/mol. The highest BCUT2D eigenvalue weighted by Gasteiger charge is 2.14. The van der Waals surface area contributed by atoms with Crippen LogP contribution in [-0.4, -0.2) is 55.0 Å². The van der Waals surface area contributed by atoms with Crippen molar-refractivity contribution in [1.82, 2.24) is 20.3 Å². The van der Waals surface area contributed by atoms with Gasteiger partial charge in [0.05, 0.1) is 32.7 Å². The number of hydrogen-bond acceptors (Lipinski definition) is 6. The maximum Gasteiger partial charge on any atom is 0.156 e. The van der Waals surface area contributed by atoms with Gasteiger partial charge in [-0.3, -0.25) is 4.99 Å². The smallest absolute Gasteiger partial charge is 0.156 e. The highest BCUT2D eigenvalue weighted by molar-refractivity contribution is 5.91. The van der Waals surface area contributed by atoms with Crippen molar-refractivity contribution in [3.8, 4) is 11.5 Å². The Morgan fingerprint density at radius 2 is 1.88 bits per heavy atom. The summed E-state index contributed by atoms with van der Waals surface area (Å²) in [6.45, 7) is 1.77. The molecule has 7 heteroatoms. The molecule has 4 rings (SSSR count). The van der Waals surface area contributed by atoms with Crippen molar-refractivity contribution >= 4 is 22.4 Å². The second-order valence-electron chi connectivity index (χ2n) is 7.98. The van der Waals surface area contributed by atoms with Crippen LogP contribution in [0.15, 0.2) is 41.5 Å². The zero-order valence-corrected chi connectivity index (χ0v) is 19.1. The molecule has 0 unspecified atom stereocenters. The first-order chi connectivity index (χ1) is 15.7. The number of nitrogens with zero attached hydrogens (tertiary/aromatic N) is 3. The summed E-state index contributed by atoms with van der Waals surface area (Å²) in [6, 6.07) is 8.08. The number of H-pyrrole nitrogens is 1. The number of benzene rings is 1. The van der Waals surface area contributed by atoms with Crippen molar-refractivity contribution in [2.24, 2.45) is 4.99 Å². The van der Waals surface area contributed by atoms with Crippen LogP contribution in [0.2, 0.25) is 0 Å². The third kappa shape index (κ3) is 5.34. The largest absolute Gasteiger partial charge is 0.497 e. The molecule has 2 heterocycles. The van der Waals surface area contributed by atoms with E-state index in [1.165, 1.54) is 11.3 Å². The van der Waals surface area contributed by atoms with Crippen LogP contribution >= 0.6 is 0 Å². The second kappa shape index (κ2) is 10.4. The van der Waals surface area contributed by atoms with Gasteiger partial charge in [0.15, 0.2) is 5.65 Å². The molecule has 0 radical (unpaired) electrons. The summed E-state index contributed by atoms with van der Waals surface area (Å²) < 4.78 is 10.7. The van der Waals surface area contributed by atoms with Crippen molar-refractivity contribution in [2.75, 3.05) is 34.4 Å². The van der Waals surface area contributed by atoms with Crippen molar-refractivity contribution in [1.29, 1.82) is 0 Å². The number of aliphatic imine (C=N–C) groups is 1. The van der Waals surface area contributed by atoms with Gasteiger partial charge in [-0.25, -0.2) is 9.97 Å². The van der Waals surface area contributed by atoms with Gasteiger partial charge in [0.1, 0.15) is 17.0 Å². The zero-order valence-electron chi connectivity index (χ0n) is 19.1. The number of ether oxygens (including phenoxy) is 2. The van der Waals surface area contributed by atoms with Crippen LogP contribution in [-0.2, 0) is 12.8 Å². The summed E-state index contributed by atoms with van der Waals surface area (Å²) in [5, 5.41) is 3.14. The Balaban J connectivity index is 1.44. The molecule has 7 nitrogen and oxygen atoms in total. The van der Waals surface area contributed by atoms with Gasteiger partial charge in [-0.05, 0) is 62.1 Å². The fraction of sp³-hybridized carbons (Fsp3) is 0.400. The number of rotatable bonds is 9. The topological polar surface area (TPSA) is 84.4 Å². The number of fused-ring (bicyclic) bond motifs is 1. The van der Waals surface area contributed by atoms with Crippen molar-refractivity contribution in [3.05, 3.63) is 53.5 Å². The Bertz CT molecular complexity index is 1110. The lowest BCUT2D eigenvalue weighted by atomic mass is 9.95. The number of nitrogens with one attached hydrogen (secondary N) is 2. The van der Waals surface area contributed by atoms with Gasteiger partial charge in [0, 0.05) is 30.4 Å². The van der Waals surface area contributed by atoms with Crippen LogP contribution in [0.5, 0.6) is 11.5 Å². The third-order valence-electron chi connectivity index (χ3n) is 5.77. The van der Waals surface area contributed by atoms with E-state index in [2.05, 4.69) is 32.4 Å². The molecule has 32 heavy (non-hydrogen) atoms. The Labute approximate surface area is 189 Å². The minimum absolute atomic E-state index is 0.798. The quantitative estimate of drug-likeness (QED) is 0.499. The van der Waals surface area contributed by atoms with Gasteiger partial charge in [-0.2, -0.15) is 0 Å². The average molecular weight is 434 g/mol. The Hall–Kier alpha value is -3.19. The van der Waals surface area contributed by atoms with Gasteiger partial charge in [-0.1, -0.05) is 6.08 Å². The molecule has 0 fully saturated rings. The monoisotopic (exact) mass is 433 g/mol. The van der Waals surface area contributed by atoms with E-state index in [0.717, 1.165) is 84.8 Å². The molecule has 168 valence electrons. The van der Waals surface area contributed by atoms with E-state index in [1.54, 1.807) is 14.2 Å². The highest BCUT2D eigenvalue weighted by atomic mass is 16.5. The molecule has 3 aromatic rings. The van der Waals surface area contributed by atoms with Crippen LogP contribution in [0.3, 0.4) is 0 Å². The Morgan fingerprint density at radius 3 is 2.56 bits per heavy atom. The maximum atomic E-state index is 5.37. The minimum atomic E-state index is 0.798. The molecular weight excluding hydrogens is 402 g/mol. The second-order valence-corrected chi connectivity index (χ2v) is 7.98. The molecule has 0 amide bonds. The normalized spacial score (nSPS) is 15.2. The number of methoxy groups -OCH3 is 2. The maximum absolute atomic E-state index is 5.37. The molecule has 0 saturated heterocycles. The van der Waals surface area contributed by atoms with Crippen molar-refractivity contribution < 1.29 is 9.47 Å². The molecule has 1 aromatic carbocycles. The molecule has 0 spiro atoms. The Kier molecular flexibility index (Phi) is 7.17. The van der Waals surface area contributed by atoms with E-state index in [-0.39, 0.29) is 0 Å². The molecular formula is C25H31N5O2. The third-order valence-corrected chi connectivity index (χ3v) is 5.77. The van der Waals surface area contributed by atoms with Gasteiger partial charge in [0.25, 0.3) is 0 Å². The fourth-order valence-electron chi connectivity index (χ4n) is 3.95. The molecule has 0 aliphatic heterocycles. The summed E-state index contributed by atoms with van der Waals surface area (Å²) in [6.07, 6.45) is 8.72. The molecule has 1 aliphatic carbocycles. The number of aromatic amines is 1. The van der Waals surface area contributed by atoms with E-state index in [4.69, 9.17) is 14.5 Å². The van der Waals surface area contributed by atoms with Crippen LogP contribution in [0.25, 0.3) is 16.7 Å². The number of allylic oxidation sites excluding steroid dienone is 2. The highest BCUT2D eigenvalue weighted by Crippen LogP contribution is 2.27. The Morgan fingerprint density at radius 1 is 1.06 bits per heavy atom. The van der Waals surface area contributed by atoms with Crippen LogP contribution in [0, 0.1) is 0 Å². The van der Waals surface area contributed by atoms with Gasteiger partial charge < -0.3 is 19.8 Å².